The Bertz CT molecular complexity index is 1030. The minimum absolute atomic E-state index is 1.07. The van der Waals surface area contributed by atoms with Crippen molar-refractivity contribution in [3.8, 4) is 22.3 Å². The Kier molecular flexibility index (Phi) is 3.51. The van der Waals surface area contributed by atoms with Crippen molar-refractivity contribution in [2.24, 2.45) is 0 Å². The van der Waals surface area contributed by atoms with Gasteiger partial charge in [-0.05, 0) is 35.4 Å². The van der Waals surface area contributed by atoms with Crippen LogP contribution in [-0.4, -0.2) is 10.2 Å². The first kappa shape index (κ1) is 15.2. The van der Waals surface area contributed by atoms with Gasteiger partial charge in [0, 0.05) is 27.1 Å². The molecule has 0 unspecified atom stereocenters. The monoisotopic (exact) mass is 349 g/mol. The van der Waals surface area contributed by atoms with Gasteiger partial charge in [-0.2, -0.15) is 0 Å². The van der Waals surface area contributed by atoms with E-state index in [1.54, 1.807) is 0 Å². The van der Waals surface area contributed by atoms with Crippen LogP contribution in [0.25, 0.3) is 22.3 Å². The van der Waals surface area contributed by atoms with Crippen LogP contribution in [0.1, 0.15) is 0 Å². The second-order valence-electron chi connectivity index (χ2n) is 6.75. The Morgan fingerprint density at radius 2 is 0.885 bits per heavy atom. The molecule has 1 aliphatic heterocycles. The molecule has 0 atom stereocenters. The molecule has 0 bridgehead atoms. The highest BCUT2D eigenvalue weighted by Gasteiger charge is 2.24. The first-order chi connectivity index (χ1) is 12.8. The largest absolute Gasteiger partial charge is 0.309 e. The van der Waals surface area contributed by atoms with E-state index in [4.69, 9.17) is 0 Å². The van der Waals surface area contributed by atoms with Crippen LogP contribution in [0.4, 0.5) is 17.1 Å². The molecule has 0 saturated carbocycles. The van der Waals surface area contributed by atoms with Gasteiger partial charge in [0.05, 0.1) is 11.4 Å². The van der Waals surface area contributed by atoms with Crippen LogP contribution in [0.2, 0.25) is 0 Å². The standard InChI is InChI=1S/C24H19NSi/c26-18-15-13-17(14-16-18)25-23-11-5-3-9-21(23)19-7-1-2-8-20(19)22-10-4-6-12-24(22)25/h1-16H,26H3. The number of nitrogens with zero attached hydrogens (tertiary/aromatic N) is 1. The van der Waals surface area contributed by atoms with Crippen molar-refractivity contribution in [1.29, 1.82) is 0 Å². The fourth-order valence-corrected chi connectivity index (χ4v) is 4.18. The molecule has 0 N–H and O–H groups in total. The quantitative estimate of drug-likeness (QED) is 0.393. The van der Waals surface area contributed by atoms with Crippen molar-refractivity contribution >= 4 is 32.5 Å². The van der Waals surface area contributed by atoms with Gasteiger partial charge < -0.3 is 4.90 Å². The van der Waals surface area contributed by atoms with Gasteiger partial charge >= 0.3 is 0 Å². The number of fused-ring (bicyclic) bond motifs is 5. The second-order valence-corrected chi connectivity index (χ2v) is 7.91. The molecule has 4 aromatic rings. The lowest BCUT2D eigenvalue weighted by Gasteiger charge is -2.27. The average molecular weight is 350 g/mol. The predicted molar refractivity (Wildman–Crippen MR) is 115 cm³/mol. The van der Waals surface area contributed by atoms with Crippen LogP contribution in [0, 0.1) is 0 Å². The highest BCUT2D eigenvalue weighted by Crippen LogP contribution is 2.50. The number of anilines is 3. The summed E-state index contributed by atoms with van der Waals surface area (Å²) in [7, 11) is 1.07. The zero-order valence-electron chi connectivity index (χ0n) is 14.7. The maximum Gasteiger partial charge on any atom is 0.0540 e. The summed E-state index contributed by atoms with van der Waals surface area (Å²) in [6.45, 7) is 0. The van der Waals surface area contributed by atoms with Crippen molar-refractivity contribution in [1.82, 2.24) is 0 Å². The number of rotatable bonds is 1. The van der Waals surface area contributed by atoms with E-state index in [9.17, 15) is 0 Å². The fourth-order valence-electron chi connectivity index (χ4n) is 3.85. The lowest BCUT2D eigenvalue weighted by atomic mass is 9.95. The molecule has 1 nitrogen and oxygen atoms in total. The molecule has 1 heterocycles. The number of hydrogen-bond donors (Lipinski definition) is 0. The Hall–Kier alpha value is -3.10. The van der Waals surface area contributed by atoms with Gasteiger partial charge in [0.2, 0.25) is 0 Å². The third-order valence-electron chi connectivity index (χ3n) is 5.09. The minimum atomic E-state index is 1.07. The molecule has 5 rings (SSSR count). The highest BCUT2D eigenvalue weighted by atomic mass is 28.1. The molecule has 0 saturated heterocycles. The normalized spacial score (nSPS) is 12.1. The van der Waals surface area contributed by atoms with E-state index in [1.165, 1.54) is 44.5 Å². The van der Waals surface area contributed by atoms with Gasteiger partial charge in [0.15, 0.2) is 0 Å². The first-order valence-electron chi connectivity index (χ1n) is 8.97. The Morgan fingerprint density at radius 1 is 0.462 bits per heavy atom. The summed E-state index contributed by atoms with van der Waals surface area (Å²) in [6.07, 6.45) is 0. The molecule has 2 heteroatoms. The smallest absolute Gasteiger partial charge is 0.0540 e. The molecular formula is C24H19NSi. The molecule has 0 aromatic heterocycles. The zero-order valence-corrected chi connectivity index (χ0v) is 16.7. The summed E-state index contributed by atoms with van der Waals surface area (Å²) < 4.78 is 0. The molecule has 124 valence electrons. The minimum Gasteiger partial charge on any atom is -0.309 e. The second kappa shape index (κ2) is 6.01. The van der Waals surface area contributed by atoms with E-state index >= 15 is 0 Å². The molecular weight excluding hydrogens is 330 g/mol. The van der Waals surface area contributed by atoms with E-state index in [-0.39, 0.29) is 0 Å². The molecule has 0 radical (unpaired) electrons. The van der Waals surface area contributed by atoms with Gasteiger partial charge in [-0.25, -0.2) is 0 Å². The molecule has 4 aromatic carbocycles. The Labute approximate surface area is 157 Å². The fraction of sp³-hybridized carbons (Fsp3) is 0. The number of hydrogen-bond acceptors (Lipinski definition) is 1. The maximum absolute atomic E-state index is 2.39. The lowest BCUT2D eigenvalue weighted by molar-refractivity contribution is 1.30. The van der Waals surface area contributed by atoms with E-state index < -0.39 is 0 Å². The van der Waals surface area contributed by atoms with E-state index in [1.807, 2.05) is 0 Å². The number of benzene rings is 4. The molecule has 0 aliphatic carbocycles. The van der Waals surface area contributed by atoms with Gasteiger partial charge in [0.25, 0.3) is 0 Å². The third kappa shape index (κ3) is 2.31. The van der Waals surface area contributed by atoms with Crippen LogP contribution >= 0.6 is 0 Å². The van der Waals surface area contributed by atoms with E-state index in [0.29, 0.717) is 0 Å². The van der Waals surface area contributed by atoms with Crippen LogP contribution in [0.15, 0.2) is 97.1 Å². The maximum atomic E-state index is 2.39. The van der Waals surface area contributed by atoms with Crippen LogP contribution in [0.5, 0.6) is 0 Å². The van der Waals surface area contributed by atoms with Gasteiger partial charge in [-0.3, -0.25) is 0 Å². The highest BCUT2D eigenvalue weighted by molar-refractivity contribution is 6.32. The van der Waals surface area contributed by atoms with Crippen molar-refractivity contribution < 1.29 is 0 Å². The summed E-state index contributed by atoms with van der Waals surface area (Å²) in [6, 6.07) is 35.1. The summed E-state index contributed by atoms with van der Waals surface area (Å²) >= 11 is 0. The van der Waals surface area contributed by atoms with Crippen molar-refractivity contribution in [2.45, 2.75) is 0 Å². The first-order valence-corrected chi connectivity index (χ1v) is 9.97. The molecule has 0 spiro atoms. The summed E-state index contributed by atoms with van der Waals surface area (Å²) in [5.74, 6) is 0. The van der Waals surface area contributed by atoms with Gasteiger partial charge in [0.1, 0.15) is 0 Å². The molecule has 26 heavy (non-hydrogen) atoms. The van der Waals surface area contributed by atoms with Crippen molar-refractivity contribution in [3.05, 3.63) is 97.1 Å². The third-order valence-corrected chi connectivity index (χ3v) is 5.76. The average Bonchev–Trinajstić information content (AvgIpc) is 2.82. The van der Waals surface area contributed by atoms with E-state index in [2.05, 4.69) is 102 Å². The topological polar surface area (TPSA) is 3.24 Å². The Balaban J connectivity index is 1.89. The lowest BCUT2D eigenvalue weighted by Crippen LogP contribution is -2.12. The summed E-state index contributed by atoms with van der Waals surface area (Å²) in [4.78, 5) is 2.39. The van der Waals surface area contributed by atoms with Crippen molar-refractivity contribution in [3.63, 3.8) is 0 Å². The van der Waals surface area contributed by atoms with Gasteiger partial charge in [-0.15, -0.1) is 0 Å². The number of para-hydroxylation sites is 2. The Morgan fingerprint density at radius 3 is 1.38 bits per heavy atom. The van der Waals surface area contributed by atoms with Crippen molar-refractivity contribution in [2.75, 3.05) is 4.90 Å². The SMILES string of the molecule is [SiH3]c1ccc(N2c3ccccc3-c3ccccc3-c3ccccc32)cc1. The zero-order chi connectivity index (χ0) is 17.5. The molecule has 0 fully saturated rings. The van der Waals surface area contributed by atoms with Crippen LogP contribution < -0.4 is 10.1 Å². The predicted octanol–water partition coefficient (Wildman–Crippen LogP) is 4.79. The van der Waals surface area contributed by atoms with Crippen LogP contribution in [-0.2, 0) is 0 Å². The molecule has 0 amide bonds. The summed E-state index contributed by atoms with van der Waals surface area (Å²) in [5, 5.41) is 1.41. The van der Waals surface area contributed by atoms with Gasteiger partial charge in [-0.1, -0.05) is 78.0 Å². The van der Waals surface area contributed by atoms with E-state index in [0.717, 1.165) is 10.2 Å². The molecule has 1 aliphatic rings. The van der Waals surface area contributed by atoms with Crippen LogP contribution in [0.3, 0.4) is 0 Å². The summed E-state index contributed by atoms with van der Waals surface area (Å²) in [5.41, 5.74) is 8.79.